The molecule has 0 aliphatic carbocycles. The topological polar surface area (TPSA) is 73.3 Å². The summed E-state index contributed by atoms with van der Waals surface area (Å²) < 4.78 is 13.0. The SMILES string of the molecule is CCc1nccn1C(C)c1cc(C#Cc2ccc(OCCCO)cc2)on1. The van der Waals surface area contributed by atoms with Gasteiger partial charge in [-0.25, -0.2) is 4.98 Å². The molecule has 2 aromatic heterocycles. The summed E-state index contributed by atoms with van der Waals surface area (Å²) in [5, 5.41) is 12.9. The van der Waals surface area contributed by atoms with Gasteiger partial charge in [0, 0.05) is 43.5 Å². The van der Waals surface area contributed by atoms with Crippen LogP contribution in [0.3, 0.4) is 0 Å². The van der Waals surface area contributed by atoms with Gasteiger partial charge in [0.1, 0.15) is 17.3 Å². The second-order valence-corrected chi connectivity index (χ2v) is 6.10. The highest BCUT2D eigenvalue weighted by molar-refractivity contribution is 5.42. The number of hydrogen-bond donors (Lipinski definition) is 1. The van der Waals surface area contributed by atoms with E-state index in [0.717, 1.165) is 29.3 Å². The monoisotopic (exact) mass is 365 g/mol. The lowest BCUT2D eigenvalue weighted by molar-refractivity contribution is 0.233. The second kappa shape index (κ2) is 9.06. The van der Waals surface area contributed by atoms with Crippen LogP contribution in [0.15, 0.2) is 47.2 Å². The van der Waals surface area contributed by atoms with Crippen molar-refractivity contribution in [1.29, 1.82) is 0 Å². The number of aromatic nitrogens is 3. The molecule has 140 valence electrons. The first-order valence-electron chi connectivity index (χ1n) is 9.05. The van der Waals surface area contributed by atoms with Crippen molar-refractivity contribution >= 4 is 0 Å². The number of ether oxygens (including phenoxy) is 1. The van der Waals surface area contributed by atoms with E-state index in [1.165, 1.54) is 0 Å². The molecule has 0 saturated heterocycles. The number of nitrogens with zero attached hydrogens (tertiary/aromatic N) is 3. The van der Waals surface area contributed by atoms with E-state index in [0.29, 0.717) is 18.8 Å². The normalized spacial score (nSPS) is 11.7. The summed E-state index contributed by atoms with van der Waals surface area (Å²) in [5.41, 5.74) is 1.68. The third-order valence-corrected chi connectivity index (χ3v) is 4.19. The second-order valence-electron chi connectivity index (χ2n) is 6.10. The fraction of sp³-hybridized carbons (Fsp3) is 0.333. The van der Waals surface area contributed by atoms with Crippen molar-refractivity contribution in [2.75, 3.05) is 13.2 Å². The van der Waals surface area contributed by atoms with Crippen LogP contribution in [0, 0.1) is 11.8 Å². The minimum atomic E-state index is 0.0390. The summed E-state index contributed by atoms with van der Waals surface area (Å²) >= 11 is 0. The lowest BCUT2D eigenvalue weighted by atomic mass is 10.2. The molecule has 1 atom stereocenters. The molecule has 2 heterocycles. The number of hydrogen-bond acceptors (Lipinski definition) is 5. The quantitative estimate of drug-likeness (QED) is 0.514. The molecule has 0 saturated carbocycles. The predicted octanol–water partition coefficient (Wildman–Crippen LogP) is 3.20. The van der Waals surface area contributed by atoms with Crippen molar-refractivity contribution in [3.63, 3.8) is 0 Å². The zero-order valence-corrected chi connectivity index (χ0v) is 15.6. The number of benzene rings is 1. The molecule has 6 heteroatoms. The molecule has 27 heavy (non-hydrogen) atoms. The van der Waals surface area contributed by atoms with Crippen molar-refractivity contribution < 1.29 is 14.4 Å². The van der Waals surface area contributed by atoms with Crippen LogP contribution in [0.5, 0.6) is 5.75 Å². The van der Waals surface area contributed by atoms with E-state index in [1.54, 1.807) is 6.20 Å². The van der Waals surface area contributed by atoms with E-state index in [2.05, 4.69) is 40.4 Å². The van der Waals surface area contributed by atoms with E-state index in [4.69, 9.17) is 14.4 Å². The lowest BCUT2D eigenvalue weighted by Gasteiger charge is -2.12. The molecule has 0 fully saturated rings. The van der Waals surface area contributed by atoms with Crippen molar-refractivity contribution in [2.45, 2.75) is 32.7 Å². The lowest BCUT2D eigenvalue weighted by Crippen LogP contribution is -2.09. The third kappa shape index (κ3) is 4.78. The molecule has 0 radical (unpaired) electrons. The average molecular weight is 365 g/mol. The largest absolute Gasteiger partial charge is 0.494 e. The molecule has 0 spiro atoms. The molecule has 3 aromatic rings. The van der Waals surface area contributed by atoms with E-state index in [9.17, 15) is 0 Å². The zero-order chi connectivity index (χ0) is 19.1. The van der Waals surface area contributed by atoms with Crippen LogP contribution in [0.4, 0.5) is 0 Å². The Morgan fingerprint density at radius 1 is 1.26 bits per heavy atom. The van der Waals surface area contributed by atoms with Crippen LogP contribution < -0.4 is 4.74 Å². The molecule has 1 aromatic carbocycles. The van der Waals surface area contributed by atoms with Gasteiger partial charge in [-0.05, 0) is 37.1 Å². The molecule has 0 aliphatic rings. The zero-order valence-electron chi connectivity index (χ0n) is 15.6. The average Bonchev–Trinajstić information content (AvgIpc) is 3.36. The molecule has 3 rings (SSSR count). The van der Waals surface area contributed by atoms with Gasteiger partial charge >= 0.3 is 0 Å². The van der Waals surface area contributed by atoms with Gasteiger partial charge in [0.25, 0.3) is 0 Å². The van der Waals surface area contributed by atoms with Gasteiger partial charge in [-0.3, -0.25) is 0 Å². The van der Waals surface area contributed by atoms with Crippen molar-refractivity contribution in [3.8, 4) is 17.6 Å². The Hall–Kier alpha value is -3.04. The maximum atomic E-state index is 8.77. The highest BCUT2D eigenvalue weighted by atomic mass is 16.5. The predicted molar refractivity (Wildman–Crippen MR) is 102 cm³/mol. The molecular weight excluding hydrogens is 342 g/mol. The van der Waals surface area contributed by atoms with Crippen LogP contribution in [-0.4, -0.2) is 33.0 Å². The first kappa shape index (κ1) is 18.7. The van der Waals surface area contributed by atoms with Crippen LogP contribution in [0.2, 0.25) is 0 Å². The highest BCUT2D eigenvalue weighted by Crippen LogP contribution is 2.19. The number of imidazole rings is 1. The fourth-order valence-corrected chi connectivity index (χ4v) is 2.68. The number of aliphatic hydroxyl groups excluding tert-OH is 1. The number of rotatable bonds is 7. The maximum Gasteiger partial charge on any atom is 0.210 e. The molecular formula is C21H23N3O3. The Balaban J connectivity index is 1.66. The Kier molecular flexibility index (Phi) is 6.29. The van der Waals surface area contributed by atoms with E-state index >= 15 is 0 Å². The molecule has 1 unspecified atom stereocenters. The smallest absolute Gasteiger partial charge is 0.210 e. The van der Waals surface area contributed by atoms with Crippen LogP contribution in [0.25, 0.3) is 0 Å². The summed E-state index contributed by atoms with van der Waals surface area (Å²) in [6.45, 7) is 4.76. The molecule has 0 aliphatic heterocycles. The summed E-state index contributed by atoms with van der Waals surface area (Å²) in [4.78, 5) is 4.35. The first-order chi connectivity index (χ1) is 13.2. The molecule has 1 N–H and O–H groups in total. The van der Waals surface area contributed by atoms with E-state index in [-0.39, 0.29) is 12.6 Å². The van der Waals surface area contributed by atoms with Gasteiger partial charge in [0.2, 0.25) is 5.76 Å². The standard InChI is InChI=1S/C21H23N3O3/c1-3-21-22-11-12-24(21)16(2)20-15-19(27-23-20)10-7-17-5-8-18(9-6-17)26-14-4-13-25/h5-6,8-9,11-12,15-16,25H,3-4,13-14H2,1-2H3. The van der Waals surface area contributed by atoms with Gasteiger partial charge in [0.15, 0.2) is 0 Å². The molecule has 0 bridgehead atoms. The Morgan fingerprint density at radius 3 is 2.81 bits per heavy atom. The summed E-state index contributed by atoms with van der Waals surface area (Å²) in [6.07, 6.45) is 5.23. The summed E-state index contributed by atoms with van der Waals surface area (Å²) in [5.74, 6) is 8.37. The highest BCUT2D eigenvalue weighted by Gasteiger charge is 2.15. The summed E-state index contributed by atoms with van der Waals surface area (Å²) in [6, 6.07) is 9.41. The number of aliphatic hydroxyl groups is 1. The molecule has 6 nitrogen and oxygen atoms in total. The minimum Gasteiger partial charge on any atom is -0.494 e. The maximum absolute atomic E-state index is 8.77. The van der Waals surface area contributed by atoms with Crippen LogP contribution >= 0.6 is 0 Å². The van der Waals surface area contributed by atoms with Gasteiger partial charge in [0.05, 0.1) is 12.6 Å². The van der Waals surface area contributed by atoms with Gasteiger partial charge in [-0.2, -0.15) is 0 Å². The van der Waals surface area contributed by atoms with Crippen LogP contribution in [-0.2, 0) is 6.42 Å². The van der Waals surface area contributed by atoms with Gasteiger partial charge < -0.3 is 18.9 Å². The van der Waals surface area contributed by atoms with Gasteiger partial charge in [-0.1, -0.05) is 18.0 Å². The van der Waals surface area contributed by atoms with E-state index in [1.807, 2.05) is 36.5 Å². The summed E-state index contributed by atoms with van der Waals surface area (Å²) in [7, 11) is 0. The Bertz CT molecular complexity index is 916. The minimum absolute atomic E-state index is 0.0390. The Labute approximate surface area is 158 Å². The van der Waals surface area contributed by atoms with Crippen molar-refractivity contribution in [1.82, 2.24) is 14.7 Å². The van der Waals surface area contributed by atoms with Crippen LogP contribution in [0.1, 0.15) is 49.2 Å². The Morgan fingerprint density at radius 2 is 2.07 bits per heavy atom. The fourth-order valence-electron chi connectivity index (χ4n) is 2.68. The first-order valence-corrected chi connectivity index (χ1v) is 9.05. The number of aryl methyl sites for hydroxylation is 1. The van der Waals surface area contributed by atoms with Gasteiger partial charge in [-0.15, -0.1) is 0 Å². The third-order valence-electron chi connectivity index (χ3n) is 4.19. The molecule has 0 amide bonds. The van der Waals surface area contributed by atoms with Crippen molar-refractivity contribution in [2.24, 2.45) is 0 Å². The van der Waals surface area contributed by atoms with E-state index < -0.39 is 0 Å². The van der Waals surface area contributed by atoms with Crippen molar-refractivity contribution in [3.05, 3.63) is 65.6 Å².